The molecule has 0 aromatic carbocycles. The summed E-state index contributed by atoms with van der Waals surface area (Å²) in [6.45, 7) is 2.20. The fourth-order valence-corrected chi connectivity index (χ4v) is 1.16. The molecule has 0 aliphatic heterocycles. The first kappa shape index (κ1) is 8.61. The van der Waals surface area contributed by atoms with E-state index in [9.17, 15) is 0 Å². The van der Waals surface area contributed by atoms with Crippen LogP contribution in [0.25, 0.3) is 11.1 Å². The van der Waals surface area contributed by atoms with Crippen LogP contribution in [0.4, 0.5) is 0 Å². The summed E-state index contributed by atoms with van der Waals surface area (Å²) >= 11 is 0. The molecule has 0 spiro atoms. The first-order chi connectivity index (χ1) is 5.83. The Labute approximate surface area is 72.4 Å². The highest BCUT2D eigenvalue weighted by Gasteiger charge is 2.13. The highest BCUT2D eigenvalue weighted by atomic mass is 16.5. The normalized spacial score (nSPS) is 9.08. The Morgan fingerprint density at radius 2 is 2.17 bits per heavy atom. The molecule has 0 radical (unpaired) electrons. The summed E-state index contributed by atoms with van der Waals surface area (Å²) < 4.78 is 3.85. The van der Waals surface area contributed by atoms with Crippen LogP contribution in [0.3, 0.4) is 0 Å². The van der Waals surface area contributed by atoms with Crippen molar-refractivity contribution in [2.24, 2.45) is 0 Å². The lowest BCUT2D eigenvalue weighted by molar-refractivity contribution is 0.362. The highest BCUT2D eigenvalue weighted by molar-refractivity contribution is 5.80. The fourth-order valence-electron chi connectivity index (χ4n) is 1.16. The molecule has 0 saturated heterocycles. The first-order valence-electron chi connectivity index (χ1n) is 3.88. The molecule has 0 atom stereocenters. The van der Waals surface area contributed by atoms with Gasteiger partial charge in [-0.2, -0.15) is 5.26 Å². The van der Waals surface area contributed by atoms with Crippen LogP contribution < -0.4 is 0 Å². The number of aryl methyl sites for hydroxylation is 1. The minimum Gasteiger partial charge on any atom is -0.431 e. The Hall–Kier alpha value is -1.49. The van der Waals surface area contributed by atoms with Crippen molar-refractivity contribution >= 4 is 0 Å². The summed E-state index contributed by atoms with van der Waals surface area (Å²) in [7, 11) is 1.32. The van der Waals surface area contributed by atoms with E-state index >= 15 is 0 Å². The molecule has 2 rings (SSSR count). The standard InChI is InChI=1S/C8H8.C2H3NO/c1-2-6-5-7-3-4-8(6)7;1-4-2-3/h3-5H,2H2,1H3;1H3. The van der Waals surface area contributed by atoms with Gasteiger partial charge in [-0.3, -0.25) is 0 Å². The molecule has 2 nitrogen and oxygen atoms in total. The van der Waals surface area contributed by atoms with Crippen molar-refractivity contribution in [1.29, 1.82) is 5.26 Å². The van der Waals surface area contributed by atoms with Gasteiger partial charge in [-0.1, -0.05) is 25.1 Å². The molecule has 0 saturated carbocycles. The van der Waals surface area contributed by atoms with Crippen LogP contribution in [0.2, 0.25) is 0 Å². The summed E-state index contributed by atoms with van der Waals surface area (Å²) in [4.78, 5) is 0. The maximum atomic E-state index is 7.40. The van der Waals surface area contributed by atoms with Gasteiger partial charge in [-0.05, 0) is 23.1 Å². The molecule has 0 N–H and O–H groups in total. The first-order valence-corrected chi connectivity index (χ1v) is 3.88. The lowest BCUT2D eigenvalue weighted by Crippen LogP contribution is -1.97. The fraction of sp³-hybridized carbons (Fsp3) is 0.300. The lowest BCUT2D eigenvalue weighted by Gasteiger charge is -2.19. The summed E-state index contributed by atoms with van der Waals surface area (Å²) in [6.07, 6.45) is 2.63. The molecular formula is C10H11NO. The van der Waals surface area contributed by atoms with Crippen LogP contribution >= 0.6 is 0 Å². The van der Waals surface area contributed by atoms with Gasteiger partial charge in [0.05, 0.1) is 7.11 Å². The predicted molar refractivity (Wildman–Crippen MR) is 47.4 cm³/mol. The van der Waals surface area contributed by atoms with E-state index in [-0.39, 0.29) is 0 Å². The van der Waals surface area contributed by atoms with E-state index in [2.05, 4.69) is 29.9 Å². The van der Waals surface area contributed by atoms with Crippen LogP contribution in [0.15, 0.2) is 18.2 Å². The van der Waals surface area contributed by atoms with Crippen molar-refractivity contribution in [2.45, 2.75) is 13.3 Å². The minimum atomic E-state index is 1.20. The van der Waals surface area contributed by atoms with Gasteiger partial charge in [0.15, 0.2) is 0 Å². The van der Waals surface area contributed by atoms with E-state index in [0.29, 0.717) is 0 Å². The van der Waals surface area contributed by atoms with E-state index in [1.54, 1.807) is 0 Å². The smallest absolute Gasteiger partial charge is 0.286 e. The molecule has 2 aliphatic rings. The van der Waals surface area contributed by atoms with Gasteiger partial charge < -0.3 is 4.74 Å². The monoisotopic (exact) mass is 161 g/mol. The van der Waals surface area contributed by atoms with Crippen molar-refractivity contribution in [3.8, 4) is 17.4 Å². The summed E-state index contributed by atoms with van der Waals surface area (Å²) in [6, 6.07) is 6.61. The Bertz CT molecular complexity index is 312. The molecule has 0 amide bonds. The Balaban J connectivity index is 0.000000157. The van der Waals surface area contributed by atoms with Crippen molar-refractivity contribution in [2.75, 3.05) is 7.11 Å². The quantitative estimate of drug-likeness (QED) is 0.601. The molecule has 2 aliphatic carbocycles. The third-order valence-corrected chi connectivity index (χ3v) is 1.89. The largest absolute Gasteiger partial charge is 0.431 e. The Morgan fingerprint density at radius 1 is 1.50 bits per heavy atom. The molecule has 2 heteroatoms. The van der Waals surface area contributed by atoms with Gasteiger partial charge in [0.1, 0.15) is 0 Å². The predicted octanol–water partition coefficient (Wildman–Crippen LogP) is 2.34. The van der Waals surface area contributed by atoms with Crippen LogP contribution in [0, 0.1) is 11.5 Å². The average Bonchev–Trinajstić information content (AvgIpc) is 2.10. The van der Waals surface area contributed by atoms with E-state index in [4.69, 9.17) is 5.26 Å². The number of fused-ring (bicyclic) bond motifs is 1. The molecule has 0 bridgehead atoms. The SMILES string of the molecule is CCc1cc2ccc1-2.COC#N. The zero-order valence-electron chi connectivity index (χ0n) is 7.29. The Morgan fingerprint density at radius 3 is 2.25 bits per heavy atom. The lowest BCUT2D eigenvalue weighted by atomic mass is 9.86. The maximum absolute atomic E-state index is 7.40. The highest BCUT2D eigenvalue weighted by Crippen LogP contribution is 2.36. The van der Waals surface area contributed by atoms with Crippen molar-refractivity contribution in [3.63, 3.8) is 0 Å². The van der Waals surface area contributed by atoms with E-state index in [1.165, 1.54) is 36.5 Å². The van der Waals surface area contributed by atoms with E-state index in [0.717, 1.165) is 0 Å². The van der Waals surface area contributed by atoms with Crippen LogP contribution in [-0.2, 0) is 11.2 Å². The summed E-state index contributed by atoms with van der Waals surface area (Å²) in [5.41, 5.74) is 4.50. The van der Waals surface area contributed by atoms with Gasteiger partial charge in [0.2, 0.25) is 0 Å². The van der Waals surface area contributed by atoms with Crippen LogP contribution in [0.1, 0.15) is 12.5 Å². The molecule has 62 valence electrons. The third-order valence-electron chi connectivity index (χ3n) is 1.89. The number of ether oxygens (including phenoxy) is 1. The molecular weight excluding hydrogens is 150 g/mol. The minimum absolute atomic E-state index is 1.20. The average molecular weight is 161 g/mol. The molecule has 0 heterocycles. The second-order valence-electron chi connectivity index (χ2n) is 2.52. The van der Waals surface area contributed by atoms with Crippen LogP contribution in [0.5, 0.6) is 0 Å². The summed E-state index contributed by atoms with van der Waals surface area (Å²) in [5.74, 6) is 0. The van der Waals surface area contributed by atoms with Crippen molar-refractivity contribution in [1.82, 2.24) is 0 Å². The second-order valence-corrected chi connectivity index (χ2v) is 2.52. The van der Waals surface area contributed by atoms with E-state index in [1.807, 2.05) is 0 Å². The number of nitriles is 1. The van der Waals surface area contributed by atoms with Crippen molar-refractivity contribution in [3.05, 3.63) is 23.8 Å². The van der Waals surface area contributed by atoms with Gasteiger partial charge in [-0.25, -0.2) is 0 Å². The van der Waals surface area contributed by atoms with Gasteiger partial charge in [0, 0.05) is 0 Å². The second kappa shape index (κ2) is 3.77. The number of hydrogen-bond acceptors (Lipinski definition) is 2. The summed E-state index contributed by atoms with van der Waals surface area (Å²) in [5, 5.41) is 7.40. The number of hydrogen-bond donors (Lipinski definition) is 0. The number of methoxy groups -OCH3 is 1. The molecule has 12 heavy (non-hydrogen) atoms. The maximum Gasteiger partial charge on any atom is 0.286 e. The molecule has 0 aromatic rings. The zero-order valence-corrected chi connectivity index (χ0v) is 7.29. The van der Waals surface area contributed by atoms with E-state index < -0.39 is 0 Å². The van der Waals surface area contributed by atoms with Gasteiger partial charge in [-0.15, -0.1) is 0 Å². The Kier molecular flexibility index (Phi) is 2.71. The zero-order chi connectivity index (χ0) is 8.97. The number of rotatable bonds is 1. The third kappa shape index (κ3) is 1.40. The molecule has 0 fully saturated rings. The topological polar surface area (TPSA) is 33.0 Å². The number of nitrogens with zero attached hydrogens (tertiary/aromatic N) is 1. The van der Waals surface area contributed by atoms with Gasteiger partial charge >= 0.3 is 0 Å². The molecule has 0 unspecified atom stereocenters. The number of benzene rings is 1. The van der Waals surface area contributed by atoms with Crippen LogP contribution in [-0.4, -0.2) is 7.11 Å². The van der Waals surface area contributed by atoms with Gasteiger partial charge in [0.25, 0.3) is 6.26 Å². The molecule has 0 aromatic heterocycles. The van der Waals surface area contributed by atoms with Crippen molar-refractivity contribution < 1.29 is 4.74 Å².